The molecular weight excluding hydrogens is 353 g/mol. The first-order valence-corrected chi connectivity index (χ1v) is 10.0. The van der Waals surface area contributed by atoms with Crippen LogP contribution < -0.4 is 15.1 Å². The number of carbonyl (C=O) groups is 1. The van der Waals surface area contributed by atoms with Gasteiger partial charge in [0.05, 0.1) is 31.0 Å². The first-order valence-electron chi connectivity index (χ1n) is 8.46. The molecule has 3 rings (SSSR count). The standard InChI is InChI=1S/C19H22NO5P/c1-24-16-8-10-17(11-9-16)26(23)20(12-5-13-25-26)18(19(21)22)14-15-6-3-2-4-7-15/h2-4,6-11,18H,5,12-14H2,1H3,(H,21,22)/p-1. The summed E-state index contributed by atoms with van der Waals surface area (Å²) in [6.45, 7) is 0.694. The van der Waals surface area contributed by atoms with Crippen LogP contribution in [0, 0.1) is 0 Å². The van der Waals surface area contributed by atoms with Gasteiger partial charge in [0.15, 0.2) is 0 Å². The van der Waals surface area contributed by atoms with Gasteiger partial charge in [-0.2, -0.15) is 0 Å². The Bertz CT molecular complexity index is 793. The lowest BCUT2D eigenvalue weighted by Crippen LogP contribution is -2.51. The second kappa shape index (κ2) is 8.04. The largest absolute Gasteiger partial charge is 0.548 e. The van der Waals surface area contributed by atoms with Crippen molar-refractivity contribution in [2.75, 3.05) is 20.3 Å². The Morgan fingerprint density at radius 1 is 1.23 bits per heavy atom. The van der Waals surface area contributed by atoms with Crippen molar-refractivity contribution >= 4 is 18.8 Å². The summed E-state index contributed by atoms with van der Waals surface area (Å²) in [6.07, 6.45) is 0.811. The normalized spacial score (nSPS) is 21.9. The fourth-order valence-corrected chi connectivity index (χ4v) is 5.55. The van der Waals surface area contributed by atoms with Gasteiger partial charge < -0.3 is 19.2 Å². The summed E-state index contributed by atoms with van der Waals surface area (Å²) in [5.41, 5.74) is 0.841. The predicted molar refractivity (Wildman–Crippen MR) is 96.5 cm³/mol. The first-order chi connectivity index (χ1) is 12.5. The number of ether oxygens (including phenoxy) is 1. The maximum Gasteiger partial charge on any atom is 0.302 e. The number of benzene rings is 2. The van der Waals surface area contributed by atoms with Crippen molar-refractivity contribution in [3.8, 4) is 5.75 Å². The van der Waals surface area contributed by atoms with Crippen molar-refractivity contribution in [3.63, 3.8) is 0 Å². The van der Waals surface area contributed by atoms with E-state index in [0.717, 1.165) is 5.56 Å². The number of nitrogens with zero attached hydrogens (tertiary/aromatic N) is 1. The summed E-state index contributed by atoms with van der Waals surface area (Å²) >= 11 is 0. The number of carbonyl (C=O) groups excluding carboxylic acids is 1. The van der Waals surface area contributed by atoms with Gasteiger partial charge in [-0.3, -0.25) is 4.57 Å². The Morgan fingerprint density at radius 2 is 1.92 bits per heavy atom. The number of carboxylic acid groups (broad SMARTS) is 1. The summed E-state index contributed by atoms with van der Waals surface area (Å²) < 4.78 is 25.9. The number of hydrogen-bond acceptors (Lipinski definition) is 5. The molecule has 1 aliphatic rings. The zero-order valence-electron chi connectivity index (χ0n) is 14.5. The number of aliphatic carboxylic acids is 1. The number of rotatable bonds is 6. The third-order valence-electron chi connectivity index (χ3n) is 4.44. The molecule has 138 valence electrons. The van der Waals surface area contributed by atoms with Crippen molar-refractivity contribution in [3.05, 3.63) is 60.2 Å². The highest BCUT2D eigenvalue weighted by atomic mass is 31.2. The third kappa shape index (κ3) is 3.83. The van der Waals surface area contributed by atoms with E-state index in [0.29, 0.717) is 30.6 Å². The lowest BCUT2D eigenvalue weighted by Gasteiger charge is -2.40. The number of methoxy groups -OCH3 is 1. The second-order valence-corrected chi connectivity index (χ2v) is 8.42. The molecule has 0 aliphatic carbocycles. The number of carboxylic acids is 1. The van der Waals surface area contributed by atoms with Gasteiger partial charge in [-0.05, 0) is 42.7 Å². The minimum atomic E-state index is -3.50. The summed E-state index contributed by atoms with van der Waals surface area (Å²) in [5.74, 6) is -0.627. The molecule has 2 atom stereocenters. The van der Waals surface area contributed by atoms with E-state index in [-0.39, 0.29) is 6.42 Å². The Kier molecular flexibility index (Phi) is 5.77. The molecule has 1 fully saturated rings. The molecule has 1 aliphatic heterocycles. The van der Waals surface area contributed by atoms with Gasteiger partial charge in [-0.25, -0.2) is 4.67 Å². The maximum atomic E-state index is 13.7. The van der Waals surface area contributed by atoms with Crippen LogP contribution >= 0.6 is 7.52 Å². The van der Waals surface area contributed by atoms with E-state index in [1.807, 2.05) is 30.3 Å². The van der Waals surface area contributed by atoms with E-state index < -0.39 is 19.5 Å². The maximum absolute atomic E-state index is 13.7. The lowest BCUT2D eigenvalue weighted by molar-refractivity contribution is -0.310. The molecule has 0 bridgehead atoms. The minimum Gasteiger partial charge on any atom is -0.548 e. The summed E-state index contributed by atoms with van der Waals surface area (Å²) in [5, 5.41) is 12.3. The van der Waals surface area contributed by atoms with Gasteiger partial charge in [-0.15, -0.1) is 0 Å². The highest BCUT2D eigenvalue weighted by molar-refractivity contribution is 7.64. The zero-order valence-corrected chi connectivity index (χ0v) is 15.4. The van der Waals surface area contributed by atoms with Crippen LogP contribution in [-0.4, -0.2) is 36.9 Å². The van der Waals surface area contributed by atoms with E-state index in [1.54, 1.807) is 31.4 Å². The highest BCUT2D eigenvalue weighted by Crippen LogP contribution is 2.53. The smallest absolute Gasteiger partial charge is 0.302 e. The molecule has 0 amide bonds. The predicted octanol–water partition coefficient (Wildman–Crippen LogP) is 1.60. The SMILES string of the molecule is COc1ccc(P2(=O)OCCCN2C(Cc2ccccc2)C(=O)[O-])cc1. The van der Waals surface area contributed by atoms with Crippen molar-refractivity contribution < 1.29 is 23.7 Å². The molecule has 2 aromatic rings. The zero-order chi connectivity index (χ0) is 18.6. The second-order valence-electron chi connectivity index (χ2n) is 6.09. The fourth-order valence-electron chi connectivity index (χ4n) is 3.10. The van der Waals surface area contributed by atoms with Crippen molar-refractivity contribution in [2.45, 2.75) is 18.9 Å². The van der Waals surface area contributed by atoms with Gasteiger partial charge in [0.25, 0.3) is 0 Å². The average Bonchev–Trinajstić information content (AvgIpc) is 2.67. The summed E-state index contributed by atoms with van der Waals surface area (Å²) in [6, 6.07) is 14.9. The van der Waals surface area contributed by atoms with Gasteiger partial charge in [0, 0.05) is 6.54 Å². The Morgan fingerprint density at radius 3 is 2.54 bits per heavy atom. The van der Waals surface area contributed by atoms with Crippen LogP contribution in [-0.2, 0) is 20.3 Å². The van der Waals surface area contributed by atoms with Crippen molar-refractivity contribution in [2.24, 2.45) is 0 Å². The van der Waals surface area contributed by atoms with Gasteiger partial charge in [-0.1, -0.05) is 30.3 Å². The van der Waals surface area contributed by atoms with Crippen molar-refractivity contribution in [1.82, 2.24) is 4.67 Å². The third-order valence-corrected chi connectivity index (χ3v) is 7.08. The van der Waals surface area contributed by atoms with E-state index in [4.69, 9.17) is 9.26 Å². The van der Waals surface area contributed by atoms with E-state index in [1.165, 1.54) is 4.67 Å². The van der Waals surface area contributed by atoms with E-state index in [9.17, 15) is 14.5 Å². The molecule has 0 N–H and O–H groups in total. The van der Waals surface area contributed by atoms with Gasteiger partial charge >= 0.3 is 7.52 Å². The Hall–Kier alpha value is -2.14. The Labute approximate surface area is 152 Å². The molecule has 26 heavy (non-hydrogen) atoms. The highest BCUT2D eigenvalue weighted by Gasteiger charge is 2.41. The molecule has 2 unspecified atom stereocenters. The van der Waals surface area contributed by atoms with E-state index in [2.05, 4.69) is 0 Å². The van der Waals surface area contributed by atoms with Crippen LogP contribution in [0.5, 0.6) is 5.75 Å². The Balaban J connectivity index is 1.94. The molecule has 0 spiro atoms. The molecule has 1 saturated heterocycles. The van der Waals surface area contributed by atoms with Gasteiger partial charge in [0.1, 0.15) is 5.75 Å². The lowest BCUT2D eigenvalue weighted by atomic mass is 10.1. The molecule has 7 heteroatoms. The van der Waals surface area contributed by atoms with Crippen LogP contribution in [0.1, 0.15) is 12.0 Å². The molecule has 1 heterocycles. The van der Waals surface area contributed by atoms with Crippen LogP contribution in [0.3, 0.4) is 0 Å². The van der Waals surface area contributed by atoms with E-state index >= 15 is 0 Å². The van der Waals surface area contributed by atoms with Crippen molar-refractivity contribution in [1.29, 1.82) is 0 Å². The molecule has 2 aromatic carbocycles. The van der Waals surface area contributed by atoms with Gasteiger partial charge in [0.2, 0.25) is 0 Å². The topological polar surface area (TPSA) is 78.9 Å². The summed E-state index contributed by atoms with van der Waals surface area (Å²) in [7, 11) is -1.95. The molecule has 0 saturated carbocycles. The molecule has 0 aromatic heterocycles. The molecule has 6 nitrogen and oxygen atoms in total. The average molecular weight is 374 g/mol. The van der Waals surface area contributed by atoms with Crippen LogP contribution in [0.25, 0.3) is 0 Å². The molecule has 0 radical (unpaired) electrons. The number of hydrogen-bond donors (Lipinski definition) is 0. The monoisotopic (exact) mass is 374 g/mol. The van der Waals surface area contributed by atoms with Crippen LogP contribution in [0.4, 0.5) is 0 Å². The fraction of sp³-hybridized carbons (Fsp3) is 0.316. The minimum absolute atomic E-state index is 0.201. The summed E-state index contributed by atoms with van der Waals surface area (Å²) in [4.78, 5) is 11.9. The first kappa shape index (κ1) is 18.6. The van der Waals surface area contributed by atoms with Crippen LogP contribution in [0.2, 0.25) is 0 Å². The van der Waals surface area contributed by atoms with Crippen LogP contribution in [0.15, 0.2) is 54.6 Å². The quantitative estimate of drug-likeness (QED) is 0.715. The molecular formula is C19H21NO5P-.